The molecule has 0 bridgehead atoms. The molecule has 2 fully saturated rings. The summed E-state index contributed by atoms with van der Waals surface area (Å²) in [6, 6.07) is 3.95. The van der Waals surface area contributed by atoms with E-state index in [1.54, 1.807) is 13.3 Å². The molecule has 0 radical (unpaired) electrons. The molecular weight excluding hydrogens is 276 g/mol. The zero-order chi connectivity index (χ0) is 15.4. The Bertz CT molecular complexity index is 539. The molecule has 0 atom stereocenters. The molecule has 1 aliphatic carbocycles. The first-order valence-electron chi connectivity index (χ1n) is 8.27. The molecule has 1 saturated heterocycles. The lowest BCUT2D eigenvalue weighted by Crippen LogP contribution is -2.42. The monoisotopic (exact) mass is 302 g/mol. The maximum atomic E-state index is 5.31. The van der Waals surface area contributed by atoms with Crippen molar-refractivity contribution in [2.45, 2.75) is 39.2 Å². The average molecular weight is 302 g/mol. The van der Waals surface area contributed by atoms with Crippen molar-refractivity contribution in [3.63, 3.8) is 0 Å². The summed E-state index contributed by atoms with van der Waals surface area (Å²) in [4.78, 5) is 11.5. The molecule has 120 valence electrons. The molecule has 2 heterocycles. The van der Waals surface area contributed by atoms with E-state index in [2.05, 4.69) is 22.1 Å². The van der Waals surface area contributed by atoms with E-state index in [9.17, 15) is 0 Å². The maximum absolute atomic E-state index is 5.31. The van der Waals surface area contributed by atoms with E-state index in [1.165, 1.54) is 25.7 Å². The van der Waals surface area contributed by atoms with E-state index in [0.29, 0.717) is 17.8 Å². The minimum Gasteiger partial charge on any atom is -0.481 e. The number of guanidine groups is 1. The molecule has 1 aliphatic heterocycles. The van der Waals surface area contributed by atoms with E-state index in [0.717, 1.165) is 31.2 Å². The van der Waals surface area contributed by atoms with Gasteiger partial charge in [-0.05, 0) is 37.7 Å². The third-order valence-electron chi connectivity index (χ3n) is 4.93. The Morgan fingerprint density at radius 3 is 2.95 bits per heavy atom. The number of hydrogen-bond donors (Lipinski definition) is 1. The second-order valence-corrected chi connectivity index (χ2v) is 6.37. The van der Waals surface area contributed by atoms with Gasteiger partial charge in [0.15, 0.2) is 5.96 Å². The SMILES string of the molecule is CCNC(=NCc1cccnc1OC)N1CCC2(CCC2)C1. The molecule has 0 amide bonds. The molecule has 5 nitrogen and oxygen atoms in total. The number of ether oxygens (including phenoxy) is 1. The van der Waals surface area contributed by atoms with E-state index < -0.39 is 0 Å². The highest BCUT2D eigenvalue weighted by Crippen LogP contribution is 2.47. The standard InChI is InChI=1S/C17H26N4O/c1-3-18-16(21-11-9-17(13-21)7-5-8-17)20-12-14-6-4-10-19-15(14)22-2/h4,6,10H,3,5,7-9,11-13H2,1-2H3,(H,18,20). The molecule has 0 aromatic carbocycles. The van der Waals surface area contributed by atoms with Gasteiger partial charge >= 0.3 is 0 Å². The molecule has 2 aliphatic rings. The summed E-state index contributed by atoms with van der Waals surface area (Å²) >= 11 is 0. The fourth-order valence-electron chi connectivity index (χ4n) is 3.51. The topological polar surface area (TPSA) is 49.8 Å². The molecule has 1 aromatic heterocycles. The molecule has 1 saturated carbocycles. The minimum absolute atomic E-state index is 0.585. The summed E-state index contributed by atoms with van der Waals surface area (Å²) in [5.74, 6) is 1.69. The lowest BCUT2D eigenvalue weighted by Gasteiger charge is -2.38. The summed E-state index contributed by atoms with van der Waals surface area (Å²) in [6.07, 6.45) is 7.23. The second-order valence-electron chi connectivity index (χ2n) is 6.37. The Morgan fingerprint density at radius 2 is 2.32 bits per heavy atom. The van der Waals surface area contributed by atoms with Gasteiger partial charge in [0.1, 0.15) is 0 Å². The minimum atomic E-state index is 0.585. The molecule has 5 heteroatoms. The normalized spacial score (nSPS) is 20.1. The average Bonchev–Trinajstić information content (AvgIpc) is 2.97. The van der Waals surface area contributed by atoms with Crippen LogP contribution < -0.4 is 10.1 Å². The highest BCUT2D eigenvalue weighted by Gasteiger charge is 2.43. The third kappa shape index (κ3) is 3.03. The van der Waals surface area contributed by atoms with Crippen LogP contribution in [0.25, 0.3) is 0 Å². The fourth-order valence-corrected chi connectivity index (χ4v) is 3.51. The van der Waals surface area contributed by atoms with Gasteiger partial charge in [0, 0.05) is 31.4 Å². The van der Waals surface area contributed by atoms with Crippen molar-refractivity contribution in [2.75, 3.05) is 26.7 Å². The Hall–Kier alpha value is -1.78. The molecular formula is C17H26N4O. The van der Waals surface area contributed by atoms with Gasteiger partial charge in [-0.3, -0.25) is 0 Å². The summed E-state index contributed by atoms with van der Waals surface area (Å²) in [5.41, 5.74) is 1.61. The van der Waals surface area contributed by atoms with Crippen molar-refractivity contribution in [1.29, 1.82) is 0 Å². The van der Waals surface area contributed by atoms with Gasteiger partial charge in [-0.1, -0.05) is 12.5 Å². The van der Waals surface area contributed by atoms with Gasteiger partial charge in [0.25, 0.3) is 0 Å². The third-order valence-corrected chi connectivity index (χ3v) is 4.93. The van der Waals surface area contributed by atoms with Crippen molar-refractivity contribution in [3.8, 4) is 5.88 Å². The van der Waals surface area contributed by atoms with Crippen LogP contribution >= 0.6 is 0 Å². The summed E-state index contributed by atoms with van der Waals surface area (Å²) in [6.45, 7) is 5.89. The lowest BCUT2D eigenvalue weighted by atomic mass is 9.68. The zero-order valence-corrected chi connectivity index (χ0v) is 13.6. The largest absolute Gasteiger partial charge is 0.481 e. The molecule has 3 rings (SSSR count). The van der Waals surface area contributed by atoms with Crippen LogP contribution in [-0.4, -0.2) is 42.6 Å². The highest BCUT2D eigenvalue weighted by molar-refractivity contribution is 5.80. The quantitative estimate of drug-likeness (QED) is 0.685. The number of nitrogens with one attached hydrogen (secondary N) is 1. The van der Waals surface area contributed by atoms with Crippen molar-refractivity contribution >= 4 is 5.96 Å². The van der Waals surface area contributed by atoms with Crippen molar-refractivity contribution in [2.24, 2.45) is 10.4 Å². The van der Waals surface area contributed by atoms with Crippen LogP contribution in [0, 0.1) is 5.41 Å². The number of hydrogen-bond acceptors (Lipinski definition) is 3. The van der Waals surface area contributed by atoms with E-state index in [4.69, 9.17) is 9.73 Å². The van der Waals surface area contributed by atoms with Crippen molar-refractivity contribution < 1.29 is 4.74 Å². The van der Waals surface area contributed by atoms with Crippen molar-refractivity contribution in [1.82, 2.24) is 15.2 Å². The predicted octanol–water partition coefficient (Wildman–Crippen LogP) is 2.43. The molecule has 1 spiro atoms. The smallest absolute Gasteiger partial charge is 0.218 e. The second kappa shape index (κ2) is 6.55. The van der Waals surface area contributed by atoms with Crippen LogP contribution in [0.2, 0.25) is 0 Å². The molecule has 1 aromatic rings. The van der Waals surface area contributed by atoms with Crippen LogP contribution in [0.15, 0.2) is 23.3 Å². The van der Waals surface area contributed by atoms with Gasteiger partial charge in [-0.2, -0.15) is 0 Å². The van der Waals surface area contributed by atoms with E-state index in [-0.39, 0.29) is 0 Å². The van der Waals surface area contributed by atoms with Crippen LogP contribution in [-0.2, 0) is 6.54 Å². The Balaban J connectivity index is 1.70. The molecule has 1 N–H and O–H groups in total. The van der Waals surface area contributed by atoms with Crippen molar-refractivity contribution in [3.05, 3.63) is 23.9 Å². The number of rotatable bonds is 4. The maximum Gasteiger partial charge on any atom is 0.218 e. The number of aliphatic imine (C=N–C) groups is 1. The van der Waals surface area contributed by atoms with Crippen LogP contribution in [0.3, 0.4) is 0 Å². The highest BCUT2D eigenvalue weighted by atomic mass is 16.5. The number of aromatic nitrogens is 1. The van der Waals surface area contributed by atoms with Gasteiger partial charge in [0.05, 0.1) is 13.7 Å². The number of methoxy groups -OCH3 is 1. The number of nitrogens with zero attached hydrogens (tertiary/aromatic N) is 3. The zero-order valence-electron chi connectivity index (χ0n) is 13.6. The van der Waals surface area contributed by atoms with Crippen LogP contribution in [0.5, 0.6) is 5.88 Å². The van der Waals surface area contributed by atoms with Gasteiger partial charge in [0.2, 0.25) is 5.88 Å². The number of pyridine rings is 1. The van der Waals surface area contributed by atoms with Gasteiger partial charge in [-0.25, -0.2) is 9.98 Å². The van der Waals surface area contributed by atoms with Crippen LogP contribution in [0.4, 0.5) is 0 Å². The number of likely N-dealkylation sites (tertiary alicyclic amines) is 1. The predicted molar refractivity (Wildman–Crippen MR) is 88.1 cm³/mol. The van der Waals surface area contributed by atoms with E-state index in [1.807, 2.05) is 12.1 Å². The van der Waals surface area contributed by atoms with Gasteiger partial charge < -0.3 is 15.0 Å². The molecule has 22 heavy (non-hydrogen) atoms. The summed E-state index contributed by atoms with van der Waals surface area (Å²) in [7, 11) is 1.65. The molecule has 0 unspecified atom stereocenters. The Morgan fingerprint density at radius 1 is 1.45 bits per heavy atom. The van der Waals surface area contributed by atoms with E-state index >= 15 is 0 Å². The Labute approximate surface area is 132 Å². The first-order valence-corrected chi connectivity index (χ1v) is 8.27. The summed E-state index contributed by atoms with van der Waals surface area (Å²) < 4.78 is 5.31. The fraction of sp³-hybridized carbons (Fsp3) is 0.647. The first kappa shape index (κ1) is 15.1. The summed E-state index contributed by atoms with van der Waals surface area (Å²) in [5, 5.41) is 3.43. The van der Waals surface area contributed by atoms with Gasteiger partial charge in [-0.15, -0.1) is 0 Å². The lowest BCUT2D eigenvalue weighted by molar-refractivity contribution is 0.151. The first-order chi connectivity index (χ1) is 10.8. The van der Waals surface area contributed by atoms with Crippen LogP contribution in [0.1, 0.15) is 38.2 Å². The Kier molecular flexibility index (Phi) is 4.50.